The summed E-state index contributed by atoms with van der Waals surface area (Å²) in [6, 6.07) is 4.67. The number of rotatable bonds is 7. The first kappa shape index (κ1) is 24.0. The van der Waals surface area contributed by atoms with E-state index in [2.05, 4.69) is 24.1 Å². The molecule has 31 heavy (non-hydrogen) atoms. The number of ether oxygens (including phenoxy) is 1. The Balaban J connectivity index is 1.76. The minimum absolute atomic E-state index is 0.0693. The first-order chi connectivity index (χ1) is 14.8. The Labute approximate surface area is 187 Å². The first-order valence-corrected chi connectivity index (χ1v) is 12.9. The van der Waals surface area contributed by atoms with Crippen LogP contribution in [0.5, 0.6) is 5.75 Å². The van der Waals surface area contributed by atoms with E-state index in [4.69, 9.17) is 4.74 Å². The zero-order valence-corrected chi connectivity index (χ0v) is 20.0. The monoisotopic (exact) mass is 451 g/mol. The van der Waals surface area contributed by atoms with Gasteiger partial charge in [0.2, 0.25) is 10.0 Å². The Morgan fingerprint density at radius 1 is 1.00 bits per heavy atom. The molecule has 2 aliphatic rings. The first-order valence-electron chi connectivity index (χ1n) is 11.5. The highest BCUT2D eigenvalue weighted by molar-refractivity contribution is 7.89. The number of hydrogen-bond acceptors (Lipinski definition) is 5. The predicted octanol–water partition coefficient (Wildman–Crippen LogP) is 3.25. The Bertz CT molecular complexity index is 856. The minimum Gasteiger partial charge on any atom is -0.495 e. The summed E-state index contributed by atoms with van der Waals surface area (Å²) in [6.45, 7) is 7.89. The van der Waals surface area contributed by atoms with Crippen molar-refractivity contribution in [2.24, 2.45) is 0 Å². The third-order valence-electron chi connectivity index (χ3n) is 6.50. The molecule has 0 radical (unpaired) electrons. The molecule has 0 atom stereocenters. The van der Waals surface area contributed by atoms with Crippen molar-refractivity contribution >= 4 is 15.9 Å². The maximum Gasteiger partial charge on any atom is 0.251 e. The van der Waals surface area contributed by atoms with E-state index >= 15 is 0 Å². The lowest BCUT2D eigenvalue weighted by molar-refractivity contribution is 0.0797. The van der Waals surface area contributed by atoms with Gasteiger partial charge in [0.15, 0.2) is 0 Å². The molecule has 1 aromatic rings. The lowest BCUT2D eigenvalue weighted by Gasteiger charge is -2.41. The van der Waals surface area contributed by atoms with Crippen LogP contribution in [0.2, 0.25) is 0 Å². The smallest absolute Gasteiger partial charge is 0.251 e. The fourth-order valence-electron chi connectivity index (χ4n) is 4.45. The number of carbonyl (C=O) groups excluding carboxylic acids is 1. The van der Waals surface area contributed by atoms with Gasteiger partial charge in [-0.2, -0.15) is 4.31 Å². The number of piperidine rings is 1. The van der Waals surface area contributed by atoms with Crippen LogP contribution in [0.3, 0.4) is 0 Å². The van der Waals surface area contributed by atoms with E-state index in [0.717, 1.165) is 38.8 Å². The van der Waals surface area contributed by atoms with Crippen molar-refractivity contribution in [3.8, 4) is 5.75 Å². The highest BCUT2D eigenvalue weighted by Gasteiger charge is 2.31. The third kappa shape index (κ3) is 5.79. The molecule has 1 amide bonds. The van der Waals surface area contributed by atoms with E-state index in [1.54, 1.807) is 12.1 Å². The zero-order valence-electron chi connectivity index (χ0n) is 19.2. The summed E-state index contributed by atoms with van der Waals surface area (Å²) in [5.41, 5.74) is 0.187. The Morgan fingerprint density at radius 3 is 2.19 bits per heavy atom. The number of nitrogens with zero attached hydrogens (tertiary/aromatic N) is 2. The van der Waals surface area contributed by atoms with Crippen molar-refractivity contribution in [3.63, 3.8) is 0 Å². The Hall–Kier alpha value is -1.64. The molecule has 7 nitrogen and oxygen atoms in total. The summed E-state index contributed by atoms with van der Waals surface area (Å²) >= 11 is 0. The minimum atomic E-state index is -3.72. The van der Waals surface area contributed by atoms with Crippen molar-refractivity contribution in [3.05, 3.63) is 23.8 Å². The molecule has 2 saturated heterocycles. The van der Waals surface area contributed by atoms with Gasteiger partial charge in [-0.3, -0.25) is 9.69 Å². The third-order valence-corrected chi connectivity index (χ3v) is 8.42. The number of sulfonamides is 1. The van der Waals surface area contributed by atoms with E-state index in [1.807, 2.05) is 0 Å². The summed E-state index contributed by atoms with van der Waals surface area (Å²) in [4.78, 5) is 15.4. The molecule has 0 spiro atoms. The van der Waals surface area contributed by atoms with E-state index < -0.39 is 10.0 Å². The maximum absolute atomic E-state index is 13.3. The fourth-order valence-corrected chi connectivity index (χ4v) is 6.15. The number of amides is 1. The second-order valence-electron chi connectivity index (χ2n) is 9.23. The normalized spacial score (nSPS) is 19.6. The summed E-state index contributed by atoms with van der Waals surface area (Å²) in [5, 5.41) is 3.01. The van der Waals surface area contributed by atoms with Gasteiger partial charge in [-0.15, -0.1) is 0 Å². The molecule has 3 rings (SSSR count). The van der Waals surface area contributed by atoms with Crippen LogP contribution in [0.4, 0.5) is 0 Å². The van der Waals surface area contributed by atoms with Gasteiger partial charge in [0.05, 0.1) is 7.11 Å². The van der Waals surface area contributed by atoms with Gasteiger partial charge in [-0.05, 0) is 70.8 Å². The summed E-state index contributed by atoms with van der Waals surface area (Å²) in [7, 11) is -2.27. The molecular formula is C23H37N3O4S. The van der Waals surface area contributed by atoms with Gasteiger partial charge in [-0.1, -0.05) is 19.3 Å². The van der Waals surface area contributed by atoms with Gasteiger partial charge >= 0.3 is 0 Å². The highest BCUT2D eigenvalue weighted by atomic mass is 32.2. The van der Waals surface area contributed by atoms with Crippen molar-refractivity contribution in [2.45, 2.75) is 69.2 Å². The predicted molar refractivity (Wildman–Crippen MR) is 122 cm³/mol. The number of carbonyl (C=O) groups is 1. The average molecular weight is 452 g/mol. The highest BCUT2D eigenvalue weighted by Crippen LogP contribution is 2.29. The number of hydrogen-bond donors (Lipinski definition) is 1. The van der Waals surface area contributed by atoms with Gasteiger partial charge in [0.1, 0.15) is 10.6 Å². The Kier molecular flexibility index (Phi) is 7.99. The molecule has 2 aliphatic heterocycles. The maximum atomic E-state index is 13.3. The van der Waals surface area contributed by atoms with E-state index in [1.165, 1.54) is 36.7 Å². The van der Waals surface area contributed by atoms with E-state index in [9.17, 15) is 13.2 Å². The number of nitrogens with one attached hydrogen (secondary N) is 1. The molecular weight excluding hydrogens is 414 g/mol. The van der Waals surface area contributed by atoms with Crippen molar-refractivity contribution in [2.75, 3.05) is 39.8 Å². The molecule has 2 fully saturated rings. The molecule has 174 valence electrons. The van der Waals surface area contributed by atoms with E-state index in [-0.39, 0.29) is 22.1 Å². The molecule has 2 heterocycles. The van der Waals surface area contributed by atoms with Crippen LogP contribution in [0.15, 0.2) is 23.1 Å². The fraction of sp³-hybridized carbons (Fsp3) is 0.696. The van der Waals surface area contributed by atoms with Crippen LogP contribution in [0.25, 0.3) is 0 Å². The number of methoxy groups -OCH3 is 1. The standard InChI is InChI=1S/C23H37N3O4S/c1-23(2,25-13-7-6-8-14-25)18-24-22(27)19-11-12-20(30-3)21(17-19)31(28,29)26-15-9-4-5-10-16-26/h11-12,17H,4-10,13-16,18H2,1-3H3,(H,24,27). The van der Waals surface area contributed by atoms with Gasteiger partial charge in [0.25, 0.3) is 5.91 Å². The van der Waals surface area contributed by atoms with E-state index in [0.29, 0.717) is 25.2 Å². The lowest BCUT2D eigenvalue weighted by Crippen LogP contribution is -2.53. The summed E-state index contributed by atoms with van der Waals surface area (Å²) in [6.07, 6.45) is 7.43. The molecule has 8 heteroatoms. The average Bonchev–Trinajstić information content (AvgIpc) is 3.08. The SMILES string of the molecule is COc1ccc(C(=O)NCC(C)(C)N2CCCCC2)cc1S(=O)(=O)N1CCCCCC1. The van der Waals surface area contributed by atoms with Gasteiger partial charge in [0, 0.05) is 30.7 Å². The topological polar surface area (TPSA) is 79.0 Å². The van der Waals surface area contributed by atoms with Crippen LogP contribution in [0.1, 0.15) is 69.2 Å². The molecule has 0 saturated carbocycles. The van der Waals surface area contributed by atoms with Crippen LogP contribution in [0, 0.1) is 0 Å². The molecule has 0 aliphatic carbocycles. The van der Waals surface area contributed by atoms with Crippen LogP contribution < -0.4 is 10.1 Å². The molecule has 1 aromatic carbocycles. The van der Waals surface area contributed by atoms with Gasteiger partial charge < -0.3 is 10.1 Å². The summed E-state index contributed by atoms with van der Waals surface area (Å²) in [5.74, 6) is 0.00879. The second-order valence-corrected chi connectivity index (χ2v) is 11.1. The summed E-state index contributed by atoms with van der Waals surface area (Å²) < 4.78 is 33.5. The molecule has 1 N–H and O–H groups in total. The van der Waals surface area contributed by atoms with Crippen LogP contribution in [-0.2, 0) is 10.0 Å². The lowest BCUT2D eigenvalue weighted by atomic mass is 9.98. The molecule has 0 unspecified atom stereocenters. The van der Waals surface area contributed by atoms with Crippen LogP contribution in [-0.4, -0.2) is 68.9 Å². The van der Waals surface area contributed by atoms with Gasteiger partial charge in [-0.25, -0.2) is 8.42 Å². The van der Waals surface area contributed by atoms with Crippen molar-refractivity contribution in [1.82, 2.24) is 14.5 Å². The second kappa shape index (κ2) is 10.3. The quantitative estimate of drug-likeness (QED) is 0.688. The zero-order chi connectivity index (χ0) is 22.5. The molecule has 0 bridgehead atoms. The van der Waals surface area contributed by atoms with Crippen molar-refractivity contribution in [1.29, 1.82) is 0 Å². The van der Waals surface area contributed by atoms with Crippen molar-refractivity contribution < 1.29 is 17.9 Å². The van der Waals surface area contributed by atoms with Crippen LogP contribution >= 0.6 is 0 Å². The Morgan fingerprint density at radius 2 is 1.58 bits per heavy atom. The number of likely N-dealkylation sites (tertiary alicyclic amines) is 1. The number of benzene rings is 1. The molecule has 0 aromatic heterocycles. The largest absolute Gasteiger partial charge is 0.495 e.